The molecule has 100 valence electrons. The second-order valence-corrected chi connectivity index (χ2v) is 6.61. The molecule has 0 radical (unpaired) electrons. The lowest BCUT2D eigenvalue weighted by Gasteiger charge is -2.26. The average molecular weight is 263 g/mol. The number of benzene rings is 1. The number of phenols is 1. The largest absolute Gasteiger partial charge is 0.507 e. The Morgan fingerprint density at radius 3 is 1.83 bits per heavy atom. The quantitative estimate of drug-likeness (QED) is 0.594. The van der Waals surface area contributed by atoms with Crippen molar-refractivity contribution in [3.63, 3.8) is 0 Å². The number of rotatable bonds is 1. The van der Waals surface area contributed by atoms with Gasteiger partial charge in [0.15, 0.2) is 17.4 Å². The standard InChI is InChI=1S/C15H23NO.Al.3H/c1-14(2,3)11-7-10(9-16)13(17)12(8-11)15(4,5)6;;;;/h7-9,16-17H,1-6H3;;;;. The molecule has 0 aliphatic heterocycles. The summed E-state index contributed by atoms with van der Waals surface area (Å²) >= 11 is 0. The van der Waals surface area contributed by atoms with Crippen molar-refractivity contribution in [1.82, 2.24) is 0 Å². The number of aromatic hydroxyl groups is 1. The van der Waals surface area contributed by atoms with Crippen molar-refractivity contribution in [3.8, 4) is 5.75 Å². The molecule has 2 nitrogen and oxygen atoms in total. The molecule has 0 fully saturated rings. The molecule has 1 aromatic rings. The van der Waals surface area contributed by atoms with Crippen LogP contribution in [0.15, 0.2) is 12.1 Å². The van der Waals surface area contributed by atoms with Crippen LogP contribution < -0.4 is 0 Å². The van der Waals surface area contributed by atoms with E-state index in [1.807, 2.05) is 6.07 Å². The second-order valence-electron chi connectivity index (χ2n) is 6.61. The first-order chi connectivity index (χ1) is 7.57. The van der Waals surface area contributed by atoms with Crippen molar-refractivity contribution in [2.75, 3.05) is 0 Å². The van der Waals surface area contributed by atoms with Crippen LogP contribution >= 0.6 is 0 Å². The van der Waals surface area contributed by atoms with E-state index in [9.17, 15) is 5.11 Å². The lowest BCUT2D eigenvalue weighted by atomic mass is 9.79. The monoisotopic (exact) mass is 263 g/mol. The van der Waals surface area contributed by atoms with Crippen LogP contribution in [0.4, 0.5) is 0 Å². The van der Waals surface area contributed by atoms with E-state index in [1.165, 1.54) is 6.21 Å². The third-order valence-electron chi connectivity index (χ3n) is 2.97. The Morgan fingerprint density at radius 1 is 1.00 bits per heavy atom. The summed E-state index contributed by atoms with van der Waals surface area (Å²) in [5, 5.41) is 17.6. The van der Waals surface area contributed by atoms with Crippen LogP contribution in [-0.2, 0) is 10.8 Å². The summed E-state index contributed by atoms with van der Waals surface area (Å²) in [6.45, 7) is 12.6. The van der Waals surface area contributed by atoms with Gasteiger partial charge < -0.3 is 10.5 Å². The lowest BCUT2D eigenvalue weighted by Crippen LogP contribution is -2.17. The van der Waals surface area contributed by atoms with Gasteiger partial charge in [0.1, 0.15) is 5.75 Å². The van der Waals surface area contributed by atoms with E-state index in [-0.39, 0.29) is 33.9 Å². The summed E-state index contributed by atoms with van der Waals surface area (Å²) in [7, 11) is 0. The molecule has 0 saturated carbocycles. The summed E-state index contributed by atoms with van der Waals surface area (Å²) in [4.78, 5) is 0. The van der Waals surface area contributed by atoms with E-state index in [2.05, 4.69) is 47.6 Å². The molecule has 0 aliphatic rings. The molecule has 0 aliphatic carbocycles. The Kier molecular flexibility index (Phi) is 5.23. The van der Waals surface area contributed by atoms with Crippen LogP contribution in [-0.4, -0.2) is 28.7 Å². The van der Waals surface area contributed by atoms with Crippen molar-refractivity contribution in [1.29, 1.82) is 5.41 Å². The molecule has 0 aromatic heterocycles. The Balaban J connectivity index is 0.00000289. The van der Waals surface area contributed by atoms with Gasteiger partial charge >= 0.3 is 0 Å². The first kappa shape index (κ1) is 17.2. The number of nitrogens with one attached hydrogen (secondary N) is 1. The number of hydrogen-bond acceptors (Lipinski definition) is 2. The van der Waals surface area contributed by atoms with Crippen LogP contribution in [0.3, 0.4) is 0 Å². The maximum atomic E-state index is 10.2. The highest BCUT2D eigenvalue weighted by Crippen LogP contribution is 2.36. The Hall–Kier alpha value is -0.778. The van der Waals surface area contributed by atoms with E-state index in [1.54, 1.807) is 0 Å². The fourth-order valence-electron chi connectivity index (χ4n) is 1.77. The summed E-state index contributed by atoms with van der Waals surface area (Å²) in [5.41, 5.74) is 2.55. The van der Waals surface area contributed by atoms with Gasteiger partial charge in [-0.25, -0.2) is 0 Å². The van der Waals surface area contributed by atoms with E-state index in [0.717, 1.165) is 11.1 Å². The second kappa shape index (κ2) is 5.47. The van der Waals surface area contributed by atoms with Crippen LogP contribution in [0, 0.1) is 5.41 Å². The van der Waals surface area contributed by atoms with Crippen LogP contribution in [0.2, 0.25) is 0 Å². The van der Waals surface area contributed by atoms with Crippen molar-refractivity contribution in [2.24, 2.45) is 0 Å². The first-order valence-corrected chi connectivity index (χ1v) is 5.96. The van der Waals surface area contributed by atoms with Gasteiger partial charge in [-0.3, -0.25) is 0 Å². The van der Waals surface area contributed by atoms with Gasteiger partial charge in [-0.15, -0.1) is 0 Å². The summed E-state index contributed by atoms with van der Waals surface area (Å²) in [6, 6.07) is 3.96. The molecule has 0 atom stereocenters. The highest BCUT2D eigenvalue weighted by Gasteiger charge is 2.24. The Labute approximate surface area is 121 Å². The molecule has 1 rings (SSSR count). The van der Waals surface area contributed by atoms with Gasteiger partial charge in [0.05, 0.1) is 0 Å². The van der Waals surface area contributed by atoms with Crippen molar-refractivity contribution < 1.29 is 5.11 Å². The highest BCUT2D eigenvalue weighted by atomic mass is 27.0. The molecule has 0 saturated heterocycles. The average Bonchev–Trinajstić information content (AvgIpc) is 2.14. The number of hydrogen-bond donors (Lipinski definition) is 2. The molecule has 0 spiro atoms. The zero-order valence-electron chi connectivity index (χ0n) is 11.7. The molecule has 0 heterocycles. The van der Waals surface area contributed by atoms with Crippen molar-refractivity contribution >= 4 is 23.6 Å². The fraction of sp³-hybridized carbons (Fsp3) is 0.533. The third kappa shape index (κ3) is 3.61. The van der Waals surface area contributed by atoms with E-state index in [0.29, 0.717) is 5.56 Å². The van der Waals surface area contributed by atoms with E-state index >= 15 is 0 Å². The maximum absolute atomic E-state index is 10.2. The maximum Gasteiger partial charge on any atom is 0.187 e. The Morgan fingerprint density at radius 2 is 1.50 bits per heavy atom. The predicted octanol–water partition coefficient (Wildman–Crippen LogP) is 2.80. The summed E-state index contributed by atoms with van der Waals surface area (Å²) < 4.78 is 0. The topological polar surface area (TPSA) is 44.1 Å². The molecule has 0 unspecified atom stereocenters. The van der Waals surface area contributed by atoms with Crippen LogP contribution in [0.25, 0.3) is 0 Å². The highest BCUT2D eigenvalue weighted by molar-refractivity contribution is 5.82. The number of phenolic OH excluding ortho intramolecular Hbond substituents is 1. The summed E-state index contributed by atoms with van der Waals surface area (Å²) in [5.74, 6) is 0.237. The van der Waals surface area contributed by atoms with E-state index < -0.39 is 0 Å². The first-order valence-electron chi connectivity index (χ1n) is 5.96. The minimum absolute atomic E-state index is 0. The van der Waals surface area contributed by atoms with E-state index in [4.69, 9.17) is 5.41 Å². The molecule has 0 amide bonds. The van der Waals surface area contributed by atoms with Gasteiger partial charge in [-0.2, -0.15) is 0 Å². The van der Waals surface area contributed by atoms with Crippen molar-refractivity contribution in [2.45, 2.75) is 52.4 Å². The van der Waals surface area contributed by atoms with Gasteiger partial charge in [-0.1, -0.05) is 47.6 Å². The predicted molar refractivity (Wildman–Crippen MR) is 83.3 cm³/mol. The zero-order valence-corrected chi connectivity index (χ0v) is 11.7. The third-order valence-corrected chi connectivity index (χ3v) is 2.97. The Bertz CT molecular complexity index is 439. The van der Waals surface area contributed by atoms with Gasteiger partial charge in [0.2, 0.25) is 0 Å². The molecule has 0 bridgehead atoms. The molecule has 18 heavy (non-hydrogen) atoms. The SMILES string of the molecule is CC(C)(C)c1cc(C=N)c(O)c(C(C)(C)C)c1.[AlH3]. The van der Waals surface area contributed by atoms with Crippen molar-refractivity contribution in [3.05, 3.63) is 28.8 Å². The lowest BCUT2D eigenvalue weighted by molar-refractivity contribution is 0.444. The minimum atomic E-state index is -0.122. The summed E-state index contributed by atoms with van der Waals surface area (Å²) in [6.07, 6.45) is 1.22. The molecule has 2 N–H and O–H groups in total. The molecule has 3 heteroatoms. The minimum Gasteiger partial charge on any atom is -0.507 e. The smallest absolute Gasteiger partial charge is 0.187 e. The van der Waals surface area contributed by atoms with Crippen LogP contribution in [0.5, 0.6) is 5.75 Å². The zero-order chi connectivity index (χ0) is 13.4. The normalized spacial score (nSPS) is 11.9. The van der Waals surface area contributed by atoms with Crippen LogP contribution in [0.1, 0.15) is 58.2 Å². The fourth-order valence-corrected chi connectivity index (χ4v) is 1.77. The van der Waals surface area contributed by atoms with Gasteiger partial charge in [0, 0.05) is 17.3 Å². The molecule has 1 aromatic carbocycles. The molecular weight excluding hydrogens is 237 g/mol. The van der Waals surface area contributed by atoms with Gasteiger partial charge in [0.25, 0.3) is 0 Å². The van der Waals surface area contributed by atoms with Gasteiger partial charge in [-0.05, 0) is 22.5 Å². The molecular formula is C15H26AlNO.